The lowest BCUT2D eigenvalue weighted by molar-refractivity contribution is -0.132. The van der Waals surface area contributed by atoms with Gasteiger partial charge in [-0.25, -0.2) is 9.78 Å². The van der Waals surface area contributed by atoms with Crippen LogP contribution in [0.2, 0.25) is 0 Å². The zero-order valence-electron chi connectivity index (χ0n) is 16.1. The van der Waals surface area contributed by atoms with Gasteiger partial charge in [0.05, 0.1) is 12.9 Å². The average Bonchev–Trinajstić information content (AvgIpc) is 3.38. The zero-order valence-corrected chi connectivity index (χ0v) is 16.1. The summed E-state index contributed by atoms with van der Waals surface area (Å²) in [6, 6.07) is 0.107. The number of aromatic nitrogens is 2. The van der Waals surface area contributed by atoms with Crippen LogP contribution < -0.4 is 5.73 Å². The van der Waals surface area contributed by atoms with Crippen LogP contribution in [0.15, 0.2) is 16.6 Å². The first kappa shape index (κ1) is 19.9. The number of rotatable bonds is 8. The number of nitrogens with two attached hydrogens (primary N) is 1. The Labute approximate surface area is 164 Å². The molecule has 1 aromatic rings. The summed E-state index contributed by atoms with van der Waals surface area (Å²) < 4.78 is 6.78. The van der Waals surface area contributed by atoms with E-state index in [-0.39, 0.29) is 24.2 Å². The summed E-state index contributed by atoms with van der Waals surface area (Å²) in [4.78, 5) is 30.4. The van der Waals surface area contributed by atoms with E-state index in [9.17, 15) is 9.59 Å². The van der Waals surface area contributed by atoms with Gasteiger partial charge in [-0.15, -0.1) is 12.3 Å². The third-order valence-electron chi connectivity index (χ3n) is 5.30. The molecule has 2 aliphatic heterocycles. The Balaban J connectivity index is 1.49. The first-order chi connectivity index (χ1) is 13.5. The summed E-state index contributed by atoms with van der Waals surface area (Å²) in [6.45, 7) is 3.29. The van der Waals surface area contributed by atoms with Crippen LogP contribution in [-0.4, -0.2) is 51.7 Å². The first-order valence-corrected chi connectivity index (χ1v) is 9.64. The second-order valence-electron chi connectivity index (χ2n) is 7.10. The Morgan fingerprint density at radius 3 is 2.68 bits per heavy atom. The van der Waals surface area contributed by atoms with Crippen LogP contribution >= 0.6 is 0 Å². The second-order valence-corrected chi connectivity index (χ2v) is 7.10. The quantitative estimate of drug-likeness (QED) is 0.543. The first-order valence-electron chi connectivity index (χ1n) is 9.64. The fraction of sp³-hybridized carbons (Fsp3) is 0.632. The summed E-state index contributed by atoms with van der Waals surface area (Å²) in [5.41, 5.74) is 5.81. The molecule has 28 heavy (non-hydrogen) atoms. The standard InChI is InChI=1S/C19H26N6O3/c1-3-5-9-19(22-23-19)10-6-15(26)24-11-7-14(8-12-24)25-13-21-16(17(25)20)18(27)28-4-2/h1,13-14H,4-12,20H2,2H3. The number of nitrogens with zero attached hydrogens (tertiary/aromatic N) is 5. The molecule has 1 amide bonds. The van der Waals surface area contributed by atoms with Crippen LogP contribution in [0, 0.1) is 12.3 Å². The number of terminal acetylenes is 1. The lowest BCUT2D eigenvalue weighted by atomic mass is 10.0. The maximum absolute atomic E-state index is 12.5. The molecule has 1 fully saturated rings. The Morgan fingerprint density at radius 1 is 1.36 bits per heavy atom. The molecule has 0 saturated carbocycles. The number of ether oxygens (including phenoxy) is 1. The molecule has 9 heteroatoms. The molecule has 1 aromatic heterocycles. The Kier molecular flexibility index (Phi) is 5.97. The van der Waals surface area contributed by atoms with Gasteiger partial charge in [-0.1, -0.05) is 0 Å². The number of amides is 1. The largest absolute Gasteiger partial charge is 0.461 e. The molecule has 3 heterocycles. The molecule has 3 rings (SSSR count). The van der Waals surface area contributed by atoms with Crippen LogP contribution in [-0.2, 0) is 9.53 Å². The maximum atomic E-state index is 12.5. The monoisotopic (exact) mass is 386 g/mol. The van der Waals surface area contributed by atoms with Gasteiger partial charge in [0.25, 0.3) is 0 Å². The summed E-state index contributed by atoms with van der Waals surface area (Å²) in [7, 11) is 0. The molecule has 0 atom stereocenters. The number of piperidine rings is 1. The third-order valence-corrected chi connectivity index (χ3v) is 5.30. The van der Waals surface area contributed by atoms with E-state index in [0.717, 1.165) is 12.8 Å². The highest BCUT2D eigenvalue weighted by molar-refractivity contribution is 5.92. The van der Waals surface area contributed by atoms with Gasteiger partial charge in [0.15, 0.2) is 11.4 Å². The minimum Gasteiger partial charge on any atom is -0.461 e. The van der Waals surface area contributed by atoms with Crippen molar-refractivity contribution in [2.24, 2.45) is 10.2 Å². The zero-order chi connectivity index (χ0) is 20.1. The number of hydrogen-bond donors (Lipinski definition) is 1. The van der Waals surface area contributed by atoms with E-state index >= 15 is 0 Å². The summed E-state index contributed by atoms with van der Waals surface area (Å²) in [5, 5.41) is 8.15. The van der Waals surface area contributed by atoms with Gasteiger partial charge in [0.1, 0.15) is 5.82 Å². The topological polar surface area (TPSA) is 115 Å². The SMILES string of the molecule is C#CCCC1(CCC(=O)N2CCC(n3cnc(C(=O)OCC)c3N)CC2)N=N1. The van der Waals surface area contributed by atoms with E-state index < -0.39 is 11.6 Å². The molecule has 150 valence electrons. The van der Waals surface area contributed by atoms with Crippen molar-refractivity contribution in [2.75, 3.05) is 25.4 Å². The van der Waals surface area contributed by atoms with E-state index in [0.29, 0.717) is 44.6 Å². The van der Waals surface area contributed by atoms with Crippen molar-refractivity contribution in [3.8, 4) is 12.3 Å². The van der Waals surface area contributed by atoms with Crippen LogP contribution in [0.5, 0.6) is 0 Å². The number of hydrogen-bond acceptors (Lipinski definition) is 7. The van der Waals surface area contributed by atoms with E-state index in [1.807, 2.05) is 9.47 Å². The van der Waals surface area contributed by atoms with Gasteiger partial charge >= 0.3 is 5.97 Å². The Morgan fingerprint density at radius 2 is 2.07 bits per heavy atom. The maximum Gasteiger partial charge on any atom is 0.360 e. The Bertz CT molecular complexity index is 795. The molecule has 0 aliphatic carbocycles. The van der Waals surface area contributed by atoms with Crippen molar-refractivity contribution in [1.82, 2.24) is 14.5 Å². The second kappa shape index (κ2) is 8.42. The fourth-order valence-electron chi connectivity index (χ4n) is 3.55. The predicted octanol–water partition coefficient (Wildman–Crippen LogP) is 2.16. The highest BCUT2D eigenvalue weighted by Gasteiger charge is 2.39. The molecule has 2 aliphatic rings. The van der Waals surface area contributed by atoms with Crippen LogP contribution in [0.4, 0.5) is 5.82 Å². The molecule has 2 N–H and O–H groups in total. The third kappa shape index (κ3) is 4.32. The van der Waals surface area contributed by atoms with E-state index in [1.165, 1.54) is 0 Å². The highest BCUT2D eigenvalue weighted by atomic mass is 16.5. The number of carbonyl (C=O) groups excluding carboxylic acids is 2. The van der Waals surface area contributed by atoms with E-state index in [4.69, 9.17) is 16.9 Å². The lowest BCUT2D eigenvalue weighted by Gasteiger charge is -2.33. The van der Waals surface area contributed by atoms with Gasteiger partial charge in [0.2, 0.25) is 5.91 Å². The molecule has 0 bridgehead atoms. The highest BCUT2D eigenvalue weighted by Crippen LogP contribution is 2.38. The van der Waals surface area contributed by atoms with E-state index in [1.54, 1.807) is 13.3 Å². The summed E-state index contributed by atoms with van der Waals surface area (Å²) >= 11 is 0. The lowest BCUT2D eigenvalue weighted by Crippen LogP contribution is -2.39. The number of anilines is 1. The van der Waals surface area contributed by atoms with Crippen molar-refractivity contribution in [3.63, 3.8) is 0 Å². The van der Waals surface area contributed by atoms with Crippen molar-refractivity contribution < 1.29 is 14.3 Å². The van der Waals surface area contributed by atoms with Gasteiger partial charge in [-0.2, -0.15) is 10.2 Å². The number of imidazole rings is 1. The smallest absolute Gasteiger partial charge is 0.360 e. The predicted molar refractivity (Wildman–Crippen MR) is 102 cm³/mol. The molecule has 0 aromatic carbocycles. The molecular weight excluding hydrogens is 360 g/mol. The number of likely N-dealkylation sites (tertiary alicyclic amines) is 1. The Hall–Kier alpha value is -2.89. The van der Waals surface area contributed by atoms with Crippen LogP contribution in [0.1, 0.15) is 62.0 Å². The molecule has 0 unspecified atom stereocenters. The normalized spacial score (nSPS) is 17.9. The van der Waals surface area contributed by atoms with Crippen LogP contribution in [0.25, 0.3) is 0 Å². The molecule has 0 radical (unpaired) electrons. The van der Waals surface area contributed by atoms with Gasteiger partial charge in [0, 0.05) is 44.8 Å². The molecule has 0 spiro atoms. The molecular formula is C19H26N6O3. The van der Waals surface area contributed by atoms with Crippen molar-refractivity contribution in [1.29, 1.82) is 0 Å². The van der Waals surface area contributed by atoms with Gasteiger partial charge in [-0.3, -0.25) is 4.79 Å². The van der Waals surface area contributed by atoms with Crippen molar-refractivity contribution in [3.05, 3.63) is 12.0 Å². The van der Waals surface area contributed by atoms with Gasteiger partial charge in [-0.05, 0) is 19.8 Å². The molecule has 1 saturated heterocycles. The van der Waals surface area contributed by atoms with Crippen LogP contribution in [0.3, 0.4) is 0 Å². The van der Waals surface area contributed by atoms with Crippen molar-refractivity contribution in [2.45, 2.75) is 57.2 Å². The van der Waals surface area contributed by atoms with Crippen molar-refractivity contribution >= 4 is 17.7 Å². The van der Waals surface area contributed by atoms with Gasteiger partial charge < -0.3 is 19.9 Å². The van der Waals surface area contributed by atoms with E-state index in [2.05, 4.69) is 21.1 Å². The fourth-order valence-corrected chi connectivity index (χ4v) is 3.55. The number of esters is 1. The minimum atomic E-state index is -0.513. The number of nitrogen functional groups attached to an aromatic ring is 1. The summed E-state index contributed by atoms with van der Waals surface area (Å²) in [5.74, 6) is 2.51. The minimum absolute atomic E-state index is 0.107. The number of carbonyl (C=O) groups is 2. The molecule has 9 nitrogen and oxygen atoms in total. The average molecular weight is 386 g/mol. The summed E-state index contributed by atoms with van der Waals surface area (Å²) in [6.07, 6.45) is 10.7.